The quantitative estimate of drug-likeness (QED) is 0.499. The highest BCUT2D eigenvalue weighted by molar-refractivity contribution is 5.96. The van der Waals surface area contributed by atoms with Crippen molar-refractivity contribution in [1.82, 2.24) is 14.5 Å². The molecule has 3 rings (SSSR count). The molecule has 0 saturated heterocycles. The maximum atomic E-state index is 13.0. The number of methoxy groups -OCH3 is 1. The number of aromatic nitrogens is 3. The molecular formula is C21H23N3O4. The van der Waals surface area contributed by atoms with Crippen LogP contribution >= 0.6 is 0 Å². The zero-order chi connectivity index (χ0) is 20.3. The molecule has 0 N–H and O–H groups in total. The van der Waals surface area contributed by atoms with Crippen LogP contribution < -0.4 is 0 Å². The molecule has 7 heteroatoms. The molecule has 2 unspecified atom stereocenters. The first-order valence-corrected chi connectivity index (χ1v) is 8.94. The van der Waals surface area contributed by atoms with Gasteiger partial charge in [0.15, 0.2) is 5.92 Å². The maximum absolute atomic E-state index is 13.0. The molecule has 0 aliphatic carbocycles. The number of rotatable bonds is 5. The molecule has 0 radical (unpaired) electrons. The molecule has 146 valence electrons. The van der Waals surface area contributed by atoms with Crippen molar-refractivity contribution in [3.63, 3.8) is 0 Å². The van der Waals surface area contributed by atoms with E-state index >= 15 is 0 Å². The second-order valence-corrected chi connectivity index (χ2v) is 7.40. The maximum Gasteiger partial charge on any atom is 0.323 e. The Labute approximate surface area is 163 Å². The zero-order valence-electron chi connectivity index (χ0n) is 16.3. The second kappa shape index (κ2) is 7.80. The first-order chi connectivity index (χ1) is 13.3. The average molecular weight is 381 g/mol. The Hall–Kier alpha value is -3.22. The van der Waals surface area contributed by atoms with Crippen LogP contribution in [0.1, 0.15) is 32.4 Å². The van der Waals surface area contributed by atoms with Gasteiger partial charge >= 0.3 is 11.9 Å². The average Bonchev–Trinajstić information content (AvgIpc) is 3.08. The first-order valence-electron chi connectivity index (χ1n) is 8.94. The molecule has 0 spiro atoms. The molecule has 0 saturated carbocycles. The molecule has 3 aromatic heterocycles. The third-order valence-corrected chi connectivity index (χ3v) is 4.24. The minimum Gasteiger partial charge on any atom is -0.468 e. The molecule has 0 amide bonds. The number of hydrogen-bond donors (Lipinski definition) is 0. The summed E-state index contributed by atoms with van der Waals surface area (Å²) in [6.45, 7) is 5.27. The van der Waals surface area contributed by atoms with E-state index in [-0.39, 0.29) is 0 Å². The summed E-state index contributed by atoms with van der Waals surface area (Å²) in [4.78, 5) is 34.2. The third kappa shape index (κ3) is 4.03. The Morgan fingerprint density at radius 3 is 2.46 bits per heavy atom. The highest BCUT2D eigenvalue weighted by Gasteiger charge is 2.41. The lowest BCUT2D eigenvalue weighted by molar-refractivity contribution is -0.169. The predicted molar refractivity (Wildman–Crippen MR) is 103 cm³/mol. The van der Waals surface area contributed by atoms with Gasteiger partial charge in [0.2, 0.25) is 0 Å². The van der Waals surface area contributed by atoms with Crippen molar-refractivity contribution in [2.24, 2.45) is 5.92 Å². The van der Waals surface area contributed by atoms with E-state index in [1.54, 1.807) is 57.7 Å². The number of carbonyl (C=O) groups is 2. The number of hydrogen-bond acceptors (Lipinski definition) is 6. The van der Waals surface area contributed by atoms with E-state index < -0.39 is 29.5 Å². The Morgan fingerprint density at radius 1 is 1.07 bits per heavy atom. The minimum atomic E-state index is -1.20. The molecule has 0 bridgehead atoms. The monoisotopic (exact) mass is 381 g/mol. The fourth-order valence-electron chi connectivity index (χ4n) is 3.14. The summed E-state index contributed by atoms with van der Waals surface area (Å²) in [5.74, 6) is -2.53. The summed E-state index contributed by atoms with van der Waals surface area (Å²) < 4.78 is 12.4. The first kappa shape index (κ1) is 19.5. The number of ether oxygens (including phenoxy) is 2. The van der Waals surface area contributed by atoms with Crippen molar-refractivity contribution >= 4 is 23.0 Å². The van der Waals surface area contributed by atoms with Gasteiger partial charge < -0.3 is 14.0 Å². The smallest absolute Gasteiger partial charge is 0.323 e. The van der Waals surface area contributed by atoms with E-state index in [0.29, 0.717) is 5.56 Å². The van der Waals surface area contributed by atoms with Gasteiger partial charge in [0, 0.05) is 24.8 Å². The Bertz CT molecular complexity index is 976. The fraction of sp³-hybridized carbons (Fsp3) is 0.333. The summed E-state index contributed by atoms with van der Waals surface area (Å²) in [5.41, 5.74) is 1.48. The molecular weight excluding hydrogens is 358 g/mol. The van der Waals surface area contributed by atoms with Gasteiger partial charge in [0.05, 0.1) is 24.2 Å². The molecule has 0 fully saturated rings. The molecule has 0 aliphatic heterocycles. The highest BCUT2D eigenvalue weighted by Crippen LogP contribution is 2.33. The van der Waals surface area contributed by atoms with Crippen LogP contribution in [0.3, 0.4) is 0 Å². The lowest BCUT2D eigenvalue weighted by Gasteiger charge is -2.29. The van der Waals surface area contributed by atoms with Crippen LogP contribution in [0, 0.1) is 5.92 Å². The van der Waals surface area contributed by atoms with Crippen LogP contribution in [0.4, 0.5) is 0 Å². The van der Waals surface area contributed by atoms with Gasteiger partial charge in [-0.3, -0.25) is 19.6 Å². The van der Waals surface area contributed by atoms with E-state index in [4.69, 9.17) is 9.47 Å². The van der Waals surface area contributed by atoms with Gasteiger partial charge in [-0.2, -0.15) is 0 Å². The van der Waals surface area contributed by atoms with Crippen LogP contribution in [0.2, 0.25) is 0 Å². The Kier molecular flexibility index (Phi) is 5.44. The Balaban J connectivity index is 2.18. The van der Waals surface area contributed by atoms with Gasteiger partial charge in [0.25, 0.3) is 0 Å². The van der Waals surface area contributed by atoms with Gasteiger partial charge in [0.1, 0.15) is 5.60 Å². The molecule has 0 aromatic carbocycles. The molecule has 28 heavy (non-hydrogen) atoms. The van der Waals surface area contributed by atoms with E-state index in [0.717, 1.165) is 11.0 Å². The van der Waals surface area contributed by atoms with Crippen LogP contribution in [0.15, 0.2) is 55.1 Å². The highest BCUT2D eigenvalue weighted by atomic mass is 16.6. The van der Waals surface area contributed by atoms with Gasteiger partial charge in [-0.25, -0.2) is 0 Å². The Morgan fingerprint density at radius 2 is 1.82 bits per heavy atom. The van der Waals surface area contributed by atoms with E-state index in [9.17, 15) is 9.59 Å². The standard InChI is InChI=1S/C21H23N3O4/c1-21(2,3)28-20(26)17(19(25)27-4)18(14-7-5-10-22-13-14)24-12-9-15-16(24)8-6-11-23-15/h5-13,17-18H,1-4H3. The molecule has 3 aromatic rings. The largest absolute Gasteiger partial charge is 0.468 e. The van der Waals surface area contributed by atoms with Crippen molar-refractivity contribution < 1.29 is 19.1 Å². The van der Waals surface area contributed by atoms with Crippen LogP contribution in [-0.4, -0.2) is 39.2 Å². The van der Waals surface area contributed by atoms with Crippen LogP contribution in [0.25, 0.3) is 11.0 Å². The van der Waals surface area contributed by atoms with Crippen molar-refractivity contribution in [1.29, 1.82) is 0 Å². The van der Waals surface area contributed by atoms with Crippen LogP contribution in [-0.2, 0) is 19.1 Å². The van der Waals surface area contributed by atoms with Gasteiger partial charge in [-0.1, -0.05) is 6.07 Å². The number of carbonyl (C=O) groups excluding carboxylic acids is 2. The summed E-state index contributed by atoms with van der Waals surface area (Å²) in [6, 6.07) is 8.41. The molecule has 3 heterocycles. The normalized spacial score (nSPS) is 13.7. The van der Waals surface area contributed by atoms with E-state index in [2.05, 4.69) is 9.97 Å². The van der Waals surface area contributed by atoms with Crippen molar-refractivity contribution in [3.05, 3.63) is 60.7 Å². The number of fused-ring (bicyclic) bond motifs is 1. The van der Waals surface area contributed by atoms with Gasteiger partial charge in [-0.15, -0.1) is 0 Å². The van der Waals surface area contributed by atoms with Crippen LogP contribution in [0.5, 0.6) is 0 Å². The number of nitrogens with zero attached hydrogens (tertiary/aromatic N) is 3. The number of pyridine rings is 2. The van der Waals surface area contributed by atoms with Crippen molar-refractivity contribution in [2.75, 3.05) is 7.11 Å². The lowest BCUT2D eigenvalue weighted by atomic mass is 9.93. The SMILES string of the molecule is COC(=O)C(C(=O)OC(C)(C)C)C(c1cccnc1)n1ccc2ncccc21. The summed E-state index contributed by atoms with van der Waals surface area (Å²) in [5, 5.41) is 0. The van der Waals surface area contributed by atoms with E-state index in [1.165, 1.54) is 7.11 Å². The second-order valence-electron chi connectivity index (χ2n) is 7.40. The van der Waals surface area contributed by atoms with Crippen molar-refractivity contribution in [2.45, 2.75) is 32.4 Å². The molecule has 0 aliphatic rings. The molecule has 7 nitrogen and oxygen atoms in total. The predicted octanol–water partition coefficient (Wildman–Crippen LogP) is 3.15. The minimum absolute atomic E-state index is 0.654. The summed E-state index contributed by atoms with van der Waals surface area (Å²) in [6.07, 6.45) is 6.76. The third-order valence-electron chi connectivity index (χ3n) is 4.24. The summed E-state index contributed by atoms with van der Waals surface area (Å²) >= 11 is 0. The fourth-order valence-corrected chi connectivity index (χ4v) is 3.14. The zero-order valence-corrected chi connectivity index (χ0v) is 16.3. The lowest BCUT2D eigenvalue weighted by Crippen LogP contribution is -2.39. The summed E-state index contributed by atoms with van der Waals surface area (Å²) in [7, 11) is 1.26. The van der Waals surface area contributed by atoms with Crippen molar-refractivity contribution in [3.8, 4) is 0 Å². The topological polar surface area (TPSA) is 83.3 Å². The van der Waals surface area contributed by atoms with E-state index in [1.807, 2.05) is 22.8 Å². The van der Waals surface area contributed by atoms with Gasteiger partial charge in [-0.05, 0) is 50.6 Å². The number of esters is 2. The molecule has 2 atom stereocenters.